The third-order valence-electron chi connectivity index (χ3n) is 3.44. The summed E-state index contributed by atoms with van der Waals surface area (Å²) in [5.74, 6) is -0.132. The Labute approximate surface area is 132 Å². The van der Waals surface area contributed by atoms with Crippen LogP contribution in [0.2, 0.25) is 5.02 Å². The Morgan fingerprint density at radius 1 is 1.18 bits per heavy atom. The van der Waals surface area contributed by atoms with E-state index >= 15 is 0 Å². The molecule has 112 valence electrons. The maximum Gasteiger partial charge on any atom is 0.244 e. The van der Waals surface area contributed by atoms with E-state index in [-0.39, 0.29) is 19.1 Å². The van der Waals surface area contributed by atoms with Crippen molar-refractivity contribution in [2.75, 3.05) is 5.32 Å². The summed E-state index contributed by atoms with van der Waals surface area (Å²) < 4.78 is 1.85. The van der Waals surface area contributed by atoms with E-state index in [9.17, 15) is 4.79 Å². The Bertz CT molecular complexity index is 826. The molecule has 0 saturated heterocycles. The highest BCUT2D eigenvalue weighted by Crippen LogP contribution is 2.20. The first kappa shape index (κ1) is 14.6. The van der Waals surface area contributed by atoms with Crippen LogP contribution in [0, 0.1) is 0 Å². The van der Waals surface area contributed by atoms with Crippen LogP contribution >= 0.6 is 11.6 Å². The number of halogens is 1. The van der Waals surface area contributed by atoms with Crippen LogP contribution in [-0.2, 0) is 17.9 Å². The van der Waals surface area contributed by atoms with Gasteiger partial charge in [-0.15, -0.1) is 0 Å². The van der Waals surface area contributed by atoms with Gasteiger partial charge < -0.3 is 15.0 Å². The highest BCUT2D eigenvalue weighted by molar-refractivity contribution is 6.31. The molecule has 1 heterocycles. The maximum absolute atomic E-state index is 12.2. The lowest BCUT2D eigenvalue weighted by molar-refractivity contribution is -0.116. The fourth-order valence-corrected chi connectivity index (χ4v) is 2.56. The molecule has 0 radical (unpaired) electrons. The number of carbonyl (C=O) groups excluding carboxylic acids is 1. The summed E-state index contributed by atoms with van der Waals surface area (Å²) in [6.45, 7) is 0.150. The fraction of sp³-hybridized carbons (Fsp3) is 0.118. The predicted octanol–water partition coefficient (Wildman–Crippen LogP) is 3.43. The lowest BCUT2D eigenvalue weighted by Gasteiger charge is -2.08. The minimum atomic E-state index is -0.132. The number of hydrogen-bond acceptors (Lipinski definition) is 2. The number of aliphatic hydroxyl groups excluding tert-OH is 1. The van der Waals surface area contributed by atoms with Crippen LogP contribution in [0.4, 0.5) is 5.69 Å². The molecule has 1 aromatic heterocycles. The number of amides is 1. The van der Waals surface area contributed by atoms with E-state index in [2.05, 4.69) is 5.32 Å². The number of rotatable bonds is 4. The van der Waals surface area contributed by atoms with Crippen molar-refractivity contribution in [1.29, 1.82) is 0 Å². The molecule has 0 aliphatic heterocycles. The number of fused-ring (bicyclic) bond motifs is 1. The van der Waals surface area contributed by atoms with Crippen molar-refractivity contribution in [3.63, 3.8) is 0 Å². The third-order valence-corrected chi connectivity index (χ3v) is 3.68. The van der Waals surface area contributed by atoms with Crippen molar-refractivity contribution >= 4 is 34.1 Å². The van der Waals surface area contributed by atoms with E-state index in [0.717, 1.165) is 16.5 Å². The molecule has 2 aromatic carbocycles. The van der Waals surface area contributed by atoms with Crippen LogP contribution in [0.5, 0.6) is 0 Å². The van der Waals surface area contributed by atoms with Gasteiger partial charge in [-0.3, -0.25) is 4.79 Å². The first-order chi connectivity index (χ1) is 10.7. The van der Waals surface area contributed by atoms with E-state index in [1.165, 1.54) is 0 Å². The van der Waals surface area contributed by atoms with E-state index < -0.39 is 0 Å². The zero-order valence-corrected chi connectivity index (χ0v) is 12.5. The second kappa shape index (κ2) is 6.22. The highest BCUT2D eigenvalue weighted by Gasteiger charge is 2.07. The standard InChI is InChI=1S/C17H15ClN2O2/c18-14-5-4-13-6-7-20(16(13)9-14)10-17(22)19-15-3-1-2-12(8-15)11-21/h1-9,21H,10-11H2,(H,19,22). The molecule has 0 aliphatic rings. The third kappa shape index (κ3) is 3.13. The average Bonchev–Trinajstić information content (AvgIpc) is 2.89. The molecule has 22 heavy (non-hydrogen) atoms. The minimum absolute atomic E-state index is 0.0511. The van der Waals surface area contributed by atoms with Gasteiger partial charge in [0.25, 0.3) is 0 Å². The summed E-state index contributed by atoms with van der Waals surface area (Å²) in [4.78, 5) is 12.2. The molecule has 5 heteroatoms. The summed E-state index contributed by atoms with van der Waals surface area (Å²) in [5, 5.41) is 13.6. The molecular formula is C17H15ClN2O2. The normalized spacial score (nSPS) is 10.8. The first-order valence-electron chi connectivity index (χ1n) is 6.90. The van der Waals surface area contributed by atoms with Crippen molar-refractivity contribution in [1.82, 2.24) is 4.57 Å². The Morgan fingerprint density at radius 3 is 2.86 bits per heavy atom. The number of nitrogens with one attached hydrogen (secondary N) is 1. The molecule has 0 aliphatic carbocycles. The molecule has 3 aromatic rings. The fourth-order valence-electron chi connectivity index (χ4n) is 2.40. The zero-order chi connectivity index (χ0) is 15.5. The Kier molecular flexibility index (Phi) is 4.13. The topological polar surface area (TPSA) is 54.3 Å². The van der Waals surface area contributed by atoms with Crippen molar-refractivity contribution in [3.8, 4) is 0 Å². The van der Waals surface area contributed by atoms with Gasteiger partial charge in [0.1, 0.15) is 6.54 Å². The van der Waals surface area contributed by atoms with Gasteiger partial charge in [-0.05, 0) is 41.3 Å². The number of benzene rings is 2. The highest BCUT2D eigenvalue weighted by atomic mass is 35.5. The predicted molar refractivity (Wildman–Crippen MR) is 87.9 cm³/mol. The van der Waals surface area contributed by atoms with E-state index in [1.54, 1.807) is 24.3 Å². The van der Waals surface area contributed by atoms with Gasteiger partial charge in [-0.2, -0.15) is 0 Å². The molecule has 3 rings (SSSR count). The number of anilines is 1. The van der Waals surface area contributed by atoms with Gasteiger partial charge in [-0.25, -0.2) is 0 Å². The summed E-state index contributed by atoms with van der Waals surface area (Å²) in [7, 11) is 0. The lowest BCUT2D eigenvalue weighted by Crippen LogP contribution is -2.18. The summed E-state index contributed by atoms with van der Waals surface area (Å²) in [6.07, 6.45) is 1.87. The van der Waals surface area contributed by atoms with Gasteiger partial charge in [-0.1, -0.05) is 29.8 Å². The number of aromatic nitrogens is 1. The van der Waals surface area contributed by atoms with Crippen molar-refractivity contribution in [3.05, 3.63) is 65.3 Å². The summed E-state index contributed by atoms with van der Waals surface area (Å²) in [5.41, 5.74) is 2.36. The molecule has 0 spiro atoms. The van der Waals surface area contributed by atoms with Gasteiger partial charge in [0.15, 0.2) is 0 Å². The summed E-state index contributed by atoms with van der Waals surface area (Å²) >= 11 is 6.01. The van der Waals surface area contributed by atoms with E-state index in [1.807, 2.05) is 35.0 Å². The SMILES string of the molecule is O=C(Cn1ccc2ccc(Cl)cc21)Nc1cccc(CO)c1. The smallest absolute Gasteiger partial charge is 0.244 e. The number of carbonyl (C=O) groups is 1. The van der Waals surface area contributed by atoms with Crippen LogP contribution in [0.3, 0.4) is 0 Å². The molecular weight excluding hydrogens is 300 g/mol. The molecule has 2 N–H and O–H groups in total. The molecule has 0 saturated carbocycles. The van der Waals surface area contributed by atoms with Crippen LogP contribution < -0.4 is 5.32 Å². The van der Waals surface area contributed by atoms with E-state index in [4.69, 9.17) is 16.7 Å². The van der Waals surface area contributed by atoms with Crippen LogP contribution in [0.25, 0.3) is 10.9 Å². The van der Waals surface area contributed by atoms with Gasteiger partial charge in [0.2, 0.25) is 5.91 Å². The lowest BCUT2D eigenvalue weighted by atomic mass is 10.2. The zero-order valence-electron chi connectivity index (χ0n) is 11.8. The minimum Gasteiger partial charge on any atom is -0.392 e. The Hall–Kier alpha value is -2.30. The quantitative estimate of drug-likeness (QED) is 0.775. The van der Waals surface area contributed by atoms with Crippen molar-refractivity contribution in [2.45, 2.75) is 13.2 Å². The molecule has 4 nitrogen and oxygen atoms in total. The molecule has 0 unspecified atom stereocenters. The molecule has 0 bridgehead atoms. The van der Waals surface area contributed by atoms with Gasteiger partial charge in [0.05, 0.1) is 6.61 Å². The molecule has 1 amide bonds. The average molecular weight is 315 g/mol. The molecule has 0 atom stereocenters. The first-order valence-corrected chi connectivity index (χ1v) is 7.27. The van der Waals surface area contributed by atoms with Crippen LogP contribution in [-0.4, -0.2) is 15.6 Å². The van der Waals surface area contributed by atoms with Gasteiger partial charge in [0, 0.05) is 22.4 Å². The van der Waals surface area contributed by atoms with Crippen LogP contribution in [0.1, 0.15) is 5.56 Å². The maximum atomic E-state index is 12.2. The second-order valence-electron chi connectivity index (χ2n) is 5.05. The van der Waals surface area contributed by atoms with E-state index in [0.29, 0.717) is 10.7 Å². The number of hydrogen-bond donors (Lipinski definition) is 2. The van der Waals surface area contributed by atoms with Crippen LogP contribution in [0.15, 0.2) is 54.7 Å². The second-order valence-corrected chi connectivity index (χ2v) is 5.49. The van der Waals surface area contributed by atoms with Gasteiger partial charge >= 0.3 is 0 Å². The number of nitrogens with zero attached hydrogens (tertiary/aromatic N) is 1. The number of aliphatic hydroxyl groups is 1. The summed E-state index contributed by atoms with van der Waals surface area (Å²) in [6, 6.07) is 14.7. The van der Waals surface area contributed by atoms with Crippen molar-refractivity contribution < 1.29 is 9.90 Å². The van der Waals surface area contributed by atoms with Crippen molar-refractivity contribution in [2.24, 2.45) is 0 Å². The largest absolute Gasteiger partial charge is 0.392 e. The Balaban J connectivity index is 1.76. The molecule has 0 fully saturated rings. The monoisotopic (exact) mass is 314 g/mol. The Morgan fingerprint density at radius 2 is 2.05 bits per heavy atom.